The molecule has 0 radical (unpaired) electrons. The van der Waals surface area contributed by atoms with E-state index in [0.717, 1.165) is 30.5 Å². The van der Waals surface area contributed by atoms with Crippen molar-refractivity contribution in [1.82, 2.24) is 15.5 Å². The molecule has 0 aliphatic carbocycles. The highest BCUT2D eigenvalue weighted by Crippen LogP contribution is 2.30. The first-order valence-corrected chi connectivity index (χ1v) is 7.76. The second-order valence-corrected chi connectivity index (χ2v) is 6.13. The molecule has 3 unspecified atom stereocenters. The molecular weight excluding hydrogens is 250 g/mol. The van der Waals surface area contributed by atoms with Crippen molar-refractivity contribution in [1.29, 1.82) is 0 Å². The van der Waals surface area contributed by atoms with Crippen LogP contribution < -0.4 is 5.32 Å². The molecule has 3 heterocycles. The molecule has 0 saturated carbocycles. The summed E-state index contributed by atoms with van der Waals surface area (Å²) >= 11 is 1.88. The van der Waals surface area contributed by atoms with Crippen LogP contribution in [-0.4, -0.2) is 34.8 Å². The Morgan fingerprint density at radius 2 is 2.39 bits per heavy atom. The third-order valence-electron chi connectivity index (χ3n) is 3.60. The van der Waals surface area contributed by atoms with Crippen LogP contribution >= 0.6 is 11.8 Å². The van der Waals surface area contributed by atoms with Crippen molar-refractivity contribution >= 4 is 11.8 Å². The van der Waals surface area contributed by atoms with Crippen LogP contribution in [0.2, 0.25) is 0 Å². The van der Waals surface area contributed by atoms with Gasteiger partial charge in [-0.3, -0.25) is 0 Å². The normalized spacial score (nSPS) is 33.5. The molecule has 5 nitrogen and oxygen atoms in total. The van der Waals surface area contributed by atoms with Gasteiger partial charge in [0.05, 0.1) is 12.6 Å². The van der Waals surface area contributed by atoms with Gasteiger partial charge >= 0.3 is 0 Å². The molecule has 0 spiro atoms. The fourth-order valence-corrected chi connectivity index (χ4v) is 3.36. The SMILES string of the molecule is CC1CCCNC1c1nc(C2CSCCO2)no1. The van der Waals surface area contributed by atoms with Gasteiger partial charge in [-0.05, 0) is 25.3 Å². The standard InChI is InChI=1S/C12H19N3O2S/c1-8-3-2-4-13-10(8)12-14-11(15-17-12)9-7-18-6-5-16-9/h8-10,13H,2-7H2,1H3. The lowest BCUT2D eigenvalue weighted by atomic mass is 9.93. The zero-order chi connectivity index (χ0) is 12.4. The van der Waals surface area contributed by atoms with Crippen LogP contribution in [0, 0.1) is 5.92 Å². The number of piperidine rings is 1. The quantitative estimate of drug-likeness (QED) is 0.885. The number of hydrogen-bond donors (Lipinski definition) is 1. The van der Waals surface area contributed by atoms with E-state index in [1.54, 1.807) is 0 Å². The first-order chi connectivity index (χ1) is 8.84. The van der Waals surface area contributed by atoms with E-state index in [0.29, 0.717) is 11.7 Å². The van der Waals surface area contributed by atoms with Gasteiger partial charge in [0.1, 0.15) is 6.10 Å². The first kappa shape index (κ1) is 12.4. The Bertz CT molecular complexity index is 392. The van der Waals surface area contributed by atoms with Crippen LogP contribution in [0.5, 0.6) is 0 Å². The molecule has 2 fully saturated rings. The smallest absolute Gasteiger partial charge is 0.244 e. The largest absolute Gasteiger partial charge is 0.368 e. The Morgan fingerprint density at radius 1 is 1.44 bits per heavy atom. The molecule has 1 aromatic rings. The van der Waals surface area contributed by atoms with Gasteiger partial charge in [0.25, 0.3) is 0 Å². The van der Waals surface area contributed by atoms with Crippen LogP contribution in [0.15, 0.2) is 4.52 Å². The predicted molar refractivity (Wildman–Crippen MR) is 69.5 cm³/mol. The van der Waals surface area contributed by atoms with Gasteiger partial charge in [-0.1, -0.05) is 12.1 Å². The Kier molecular flexibility index (Phi) is 3.86. The van der Waals surface area contributed by atoms with Crippen molar-refractivity contribution in [2.24, 2.45) is 5.92 Å². The van der Waals surface area contributed by atoms with Gasteiger partial charge in [0, 0.05) is 11.5 Å². The van der Waals surface area contributed by atoms with Gasteiger partial charge < -0.3 is 14.6 Å². The molecule has 2 saturated heterocycles. The average molecular weight is 269 g/mol. The second-order valence-electron chi connectivity index (χ2n) is 4.98. The summed E-state index contributed by atoms with van der Waals surface area (Å²) < 4.78 is 11.1. The number of ether oxygens (including phenoxy) is 1. The zero-order valence-electron chi connectivity index (χ0n) is 10.6. The summed E-state index contributed by atoms with van der Waals surface area (Å²) in [7, 11) is 0. The number of rotatable bonds is 2. The molecule has 100 valence electrons. The Hall–Kier alpha value is -0.590. The van der Waals surface area contributed by atoms with Gasteiger partial charge in [0.2, 0.25) is 11.7 Å². The second kappa shape index (κ2) is 5.59. The molecular formula is C12H19N3O2S. The van der Waals surface area contributed by atoms with Crippen LogP contribution in [0.1, 0.15) is 43.6 Å². The maximum atomic E-state index is 5.67. The minimum absolute atomic E-state index is 0.000136. The molecule has 2 aliphatic heterocycles. The van der Waals surface area contributed by atoms with E-state index in [9.17, 15) is 0 Å². The lowest BCUT2D eigenvalue weighted by Gasteiger charge is -2.26. The summed E-state index contributed by atoms with van der Waals surface area (Å²) in [6.45, 7) is 4.04. The van der Waals surface area contributed by atoms with Crippen LogP contribution in [0.25, 0.3) is 0 Å². The lowest BCUT2D eigenvalue weighted by molar-refractivity contribution is 0.0677. The molecule has 6 heteroatoms. The van der Waals surface area contributed by atoms with Crippen molar-refractivity contribution in [3.8, 4) is 0 Å². The average Bonchev–Trinajstić information content (AvgIpc) is 2.90. The van der Waals surface area contributed by atoms with E-state index in [-0.39, 0.29) is 12.1 Å². The molecule has 1 N–H and O–H groups in total. The van der Waals surface area contributed by atoms with Gasteiger partial charge in [0.15, 0.2) is 0 Å². The third-order valence-corrected chi connectivity index (χ3v) is 4.59. The fourth-order valence-electron chi connectivity index (χ4n) is 2.52. The van der Waals surface area contributed by atoms with Crippen molar-refractivity contribution in [3.05, 3.63) is 11.7 Å². The summed E-state index contributed by atoms with van der Waals surface area (Å²) in [5.41, 5.74) is 0. The van der Waals surface area contributed by atoms with E-state index in [2.05, 4.69) is 22.4 Å². The van der Waals surface area contributed by atoms with Crippen molar-refractivity contribution in [3.63, 3.8) is 0 Å². The zero-order valence-corrected chi connectivity index (χ0v) is 11.4. The Labute approximate surface area is 111 Å². The maximum Gasteiger partial charge on any atom is 0.244 e. The molecule has 18 heavy (non-hydrogen) atoms. The van der Waals surface area contributed by atoms with Crippen molar-refractivity contribution in [2.75, 3.05) is 24.7 Å². The Morgan fingerprint density at radius 3 is 3.17 bits per heavy atom. The predicted octanol–water partition coefficient (Wildman–Crippen LogP) is 1.93. The fraction of sp³-hybridized carbons (Fsp3) is 0.833. The number of aromatic nitrogens is 2. The van der Waals surface area contributed by atoms with Gasteiger partial charge in [-0.2, -0.15) is 16.7 Å². The van der Waals surface area contributed by atoms with Crippen LogP contribution in [0.3, 0.4) is 0 Å². The maximum absolute atomic E-state index is 5.67. The topological polar surface area (TPSA) is 60.2 Å². The third kappa shape index (κ3) is 2.55. The van der Waals surface area contributed by atoms with E-state index in [1.807, 2.05) is 11.8 Å². The minimum Gasteiger partial charge on any atom is -0.368 e. The molecule has 0 bridgehead atoms. The number of nitrogens with one attached hydrogen (secondary N) is 1. The Balaban J connectivity index is 1.71. The number of thioether (sulfide) groups is 1. The highest BCUT2D eigenvalue weighted by Gasteiger charge is 2.29. The monoisotopic (exact) mass is 269 g/mol. The molecule has 2 aliphatic rings. The molecule has 1 aromatic heterocycles. The summed E-state index contributed by atoms with van der Waals surface area (Å²) in [5, 5.41) is 7.54. The summed E-state index contributed by atoms with van der Waals surface area (Å²) in [5.74, 6) is 3.96. The van der Waals surface area contributed by atoms with Gasteiger partial charge in [-0.25, -0.2) is 0 Å². The summed E-state index contributed by atoms with van der Waals surface area (Å²) in [6.07, 6.45) is 2.44. The van der Waals surface area contributed by atoms with Crippen LogP contribution in [-0.2, 0) is 4.74 Å². The van der Waals surface area contributed by atoms with Crippen molar-refractivity contribution < 1.29 is 9.26 Å². The highest BCUT2D eigenvalue weighted by molar-refractivity contribution is 7.99. The minimum atomic E-state index is 0.000136. The van der Waals surface area contributed by atoms with Gasteiger partial charge in [-0.15, -0.1) is 0 Å². The van der Waals surface area contributed by atoms with E-state index >= 15 is 0 Å². The molecule has 3 rings (SSSR count). The number of hydrogen-bond acceptors (Lipinski definition) is 6. The van der Waals surface area contributed by atoms with E-state index in [4.69, 9.17) is 9.26 Å². The van der Waals surface area contributed by atoms with E-state index in [1.165, 1.54) is 12.8 Å². The molecule has 3 atom stereocenters. The number of nitrogens with zero attached hydrogens (tertiary/aromatic N) is 2. The lowest BCUT2D eigenvalue weighted by Crippen LogP contribution is -2.33. The van der Waals surface area contributed by atoms with Crippen molar-refractivity contribution in [2.45, 2.75) is 31.9 Å². The van der Waals surface area contributed by atoms with E-state index < -0.39 is 0 Å². The molecule has 0 amide bonds. The first-order valence-electron chi connectivity index (χ1n) is 6.61. The summed E-state index contributed by atoms with van der Waals surface area (Å²) in [6, 6.07) is 0.205. The molecule has 0 aromatic carbocycles. The van der Waals surface area contributed by atoms with Crippen LogP contribution in [0.4, 0.5) is 0 Å². The highest BCUT2D eigenvalue weighted by atomic mass is 32.2. The summed E-state index contributed by atoms with van der Waals surface area (Å²) in [4.78, 5) is 4.53.